The highest BCUT2D eigenvalue weighted by Gasteiger charge is 2.10. The number of carboxylic acids is 1. The van der Waals surface area contributed by atoms with Crippen molar-refractivity contribution >= 4 is 11.8 Å². The molecule has 2 N–H and O–H groups in total. The molecule has 0 fully saturated rings. The third-order valence-electron chi connectivity index (χ3n) is 3.17. The van der Waals surface area contributed by atoms with Crippen LogP contribution in [0.3, 0.4) is 0 Å². The Hall–Kier alpha value is -2.43. The molecule has 0 spiro atoms. The molecule has 0 aliphatic rings. The van der Waals surface area contributed by atoms with Gasteiger partial charge < -0.3 is 10.4 Å². The lowest BCUT2D eigenvalue weighted by Crippen LogP contribution is -2.19. The summed E-state index contributed by atoms with van der Waals surface area (Å²) in [5, 5.41) is 12.2. The van der Waals surface area contributed by atoms with E-state index in [0.717, 1.165) is 12.0 Å². The van der Waals surface area contributed by atoms with Crippen molar-refractivity contribution in [3.8, 4) is 0 Å². The molecule has 0 radical (unpaired) electrons. The number of halogens is 1. The van der Waals surface area contributed by atoms with Gasteiger partial charge in [0.25, 0.3) is 0 Å². The van der Waals surface area contributed by atoms with Crippen LogP contribution in [0.2, 0.25) is 0 Å². The summed E-state index contributed by atoms with van der Waals surface area (Å²) in [5.74, 6) is -0.598. The number of pyridine rings is 1. The maximum absolute atomic E-state index is 12.8. The van der Waals surface area contributed by atoms with E-state index in [1.165, 1.54) is 18.2 Å². The van der Waals surface area contributed by atoms with Gasteiger partial charge in [0, 0.05) is 6.04 Å². The minimum Gasteiger partial charge on any atom is -0.478 e. The van der Waals surface area contributed by atoms with E-state index in [0.29, 0.717) is 11.5 Å². The smallest absolute Gasteiger partial charge is 0.337 e. The molecule has 2 aromatic rings. The standard InChI is InChI=1S/C16H17FN2O2/c1-10(9-12-3-5-13(17)6-4-12)18-15-8-7-14(16(20)21)11(2)19-15/h3-8,10H,9H2,1-2H3,(H,18,19)(H,20,21). The SMILES string of the molecule is Cc1nc(NC(C)Cc2ccc(F)cc2)ccc1C(=O)O. The summed E-state index contributed by atoms with van der Waals surface area (Å²) in [6.07, 6.45) is 0.724. The molecule has 1 heterocycles. The zero-order valence-corrected chi connectivity index (χ0v) is 11.9. The lowest BCUT2D eigenvalue weighted by Gasteiger charge is -2.15. The second kappa shape index (κ2) is 6.35. The monoisotopic (exact) mass is 288 g/mol. The summed E-state index contributed by atoms with van der Waals surface area (Å²) in [5.41, 5.74) is 1.70. The molecule has 1 aromatic carbocycles. The van der Waals surface area contributed by atoms with Gasteiger partial charge in [0.2, 0.25) is 0 Å². The highest BCUT2D eigenvalue weighted by Crippen LogP contribution is 2.13. The number of nitrogens with zero attached hydrogens (tertiary/aromatic N) is 1. The first-order valence-electron chi connectivity index (χ1n) is 6.67. The van der Waals surface area contributed by atoms with Crippen LogP contribution in [0.5, 0.6) is 0 Å². The van der Waals surface area contributed by atoms with Crippen molar-refractivity contribution in [1.82, 2.24) is 4.98 Å². The van der Waals surface area contributed by atoms with E-state index in [-0.39, 0.29) is 17.4 Å². The molecule has 1 atom stereocenters. The number of anilines is 1. The van der Waals surface area contributed by atoms with Crippen LogP contribution < -0.4 is 5.32 Å². The summed E-state index contributed by atoms with van der Waals surface area (Å²) in [7, 11) is 0. The lowest BCUT2D eigenvalue weighted by atomic mass is 10.1. The fourth-order valence-electron chi connectivity index (χ4n) is 2.14. The number of rotatable bonds is 5. The van der Waals surface area contributed by atoms with Gasteiger partial charge in [-0.3, -0.25) is 0 Å². The van der Waals surface area contributed by atoms with Gasteiger partial charge in [-0.05, 0) is 50.1 Å². The van der Waals surface area contributed by atoms with Crippen molar-refractivity contribution in [1.29, 1.82) is 0 Å². The van der Waals surface area contributed by atoms with Gasteiger partial charge in [-0.2, -0.15) is 0 Å². The van der Waals surface area contributed by atoms with Gasteiger partial charge in [-0.15, -0.1) is 0 Å². The average Bonchev–Trinajstić information content (AvgIpc) is 2.41. The summed E-state index contributed by atoms with van der Waals surface area (Å²) in [4.78, 5) is 15.2. The predicted molar refractivity (Wildman–Crippen MR) is 79.1 cm³/mol. The number of aryl methyl sites for hydroxylation is 1. The van der Waals surface area contributed by atoms with Crippen LogP contribution in [0.25, 0.3) is 0 Å². The Bertz CT molecular complexity index is 641. The zero-order chi connectivity index (χ0) is 15.4. The number of aromatic nitrogens is 1. The third-order valence-corrected chi connectivity index (χ3v) is 3.17. The molecule has 1 aromatic heterocycles. The number of aromatic carboxylic acids is 1. The first-order chi connectivity index (χ1) is 9.95. The average molecular weight is 288 g/mol. The fraction of sp³-hybridized carbons (Fsp3) is 0.250. The van der Waals surface area contributed by atoms with Gasteiger partial charge in [0.05, 0.1) is 11.3 Å². The molecule has 0 bridgehead atoms. The van der Waals surface area contributed by atoms with Gasteiger partial charge >= 0.3 is 5.97 Å². The van der Waals surface area contributed by atoms with E-state index in [2.05, 4.69) is 10.3 Å². The Labute approximate surface area is 122 Å². The second-order valence-corrected chi connectivity index (χ2v) is 5.01. The Morgan fingerprint density at radius 2 is 1.95 bits per heavy atom. The number of hydrogen-bond acceptors (Lipinski definition) is 3. The molecule has 4 nitrogen and oxygen atoms in total. The van der Waals surface area contributed by atoms with Crippen molar-refractivity contribution in [3.05, 3.63) is 59.0 Å². The topological polar surface area (TPSA) is 62.2 Å². The lowest BCUT2D eigenvalue weighted by molar-refractivity contribution is 0.0695. The van der Waals surface area contributed by atoms with Crippen LogP contribution in [0.4, 0.5) is 10.2 Å². The Balaban J connectivity index is 2.02. The Morgan fingerprint density at radius 1 is 1.29 bits per heavy atom. The third kappa shape index (κ3) is 4.02. The highest BCUT2D eigenvalue weighted by molar-refractivity contribution is 5.89. The molecule has 1 unspecified atom stereocenters. The van der Waals surface area contributed by atoms with E-state index >= 15 is 0 Å². The normalized spacial score (nSPS) is 12.0. The van der Waals surface area contributed by atoms with E-state index < -0.39 is 5.97 Å². The molecule has 0 saturated carbocycles. The molecular formula is C16H17FN2O2. The molecule has 110 valence electrons. The van der Waals surface area contributed by atoms with Crippen LogP contribution in [-0.2, 0) is 6.42 Å². The number of hydrogen-bond donors (Lipinski definition) is 2. The predicted octanol–water partition coefficient (Wildman–Crippen LogP) is 3.27. The molecule has 2 rings (SSSR count). The minimum absolute atomic E-state index is 0.0954. The maximum Gasteiger partial charge on any atom is 0.337 e. The van der Waals surface area contributed by atoms with Crippen molar-refractivity contribution < 1.29 is 14.3 Å². The van der Waals surface area contributed by atoms with Crippen LogP contribution in [0.1, 0.15) is 28.5 Å². The quantitative estimate of drug-likeness (QED) is 0.886. The van der Waals surface area contributed by atoms with Crippen molar-refractivity contribution in [3.63, 3.8) is 0 Å². The Kier molecular flexibility index (Phi) is 4.52. The first-order valence-corrected chi connectivity index (χ1v) is 6.67. The summed E-state index contributed by atoms with van der Waals surface area (Å²) in [6.45, 7) is 3.66. The molecule has 0 aliphatic heterocycles. The number of carboxylic acid groups (broad SMARTS) is 1. The van der Waals surface area contributed by atoms with Gasteiger partial charge in [-0.1, -0.05) is 12.1 Å². The van der Waals surface area contributed by atoms with E-state index in [9.17, 15) is 9.18 Å². The molecule has 0 aliphatic carbocycles. The molecule has 0 saturated heterocycles. The number of nitrogens with one attached hydrogen (secondary N) is 1. The van der Waals surface area contributed by atoms with Gasteiger partial charge in [0.15, 0.2) is 0 Å². The molecule has 0 amide bonds. The zero-order valence-electron chi connectivity index (χ0n) is 11.9. The molecular weight excluding hydrogens is 271 g/mol. The number of benzene rings is 1. The first kappa shape index (κ1) is 15.0. The maximum atomic E-state index is 12.8. The second-order valence-electron chi connectivity index (χ2n) is 5.01. The van der Waals surface area contributed by atoms with Crippen molar-refractivity contribution in [2.24, 2.45) is 0 Å². The van der Waals surface area contributed by atoms with E-state index in [1.54, 1.807) is 25.1 Å². The van der Waals surface area contributed by atoms with E-state index in [1.807, 2.05) is 6.92 Å². The van der Waals surface area contributed by atoms with Crippen molar-refractivity contribution in [2.75, 3.05) is 5.32 Å². The van der Waals surface area contributed by atoms with Crippen molar-refractivity contribution in [2.45, 2.75) is 26.3 Å². The van der Waals surface area contributed by atoms with Crippen LogP contribution in [0.15, 0.2) is 36.4 Å². The largest absolute Gasteiger partial charge is 0.478 e. The summed E-state index contributed by atoms with van der Waals surface area (Å²) >= 11 is 0. The van der Waals surface area contributed by atoms with Crippen LogP contribution in [0, 0.1) is 12.7 Å². The highest BCUT2D eigenvalue weighted by atomic mass is 19.1. The Morgan fingerprint density at radius 3 is 2.52 bits per heavy atom. The van der Waals surface area contributed by atoms with Gasteiger partial charge in [-0.25, -0.2) is 14.2 Å². The van der Waals surface area contributed by atoms with Gasteiger partial charge in [0.1, 0.15) is 11.6 Å². The van der Waals surface area contributed by atoms with E-state index in [4.69, 9.17) is 5.11 Å². The fourth-order valence-corrected chi connectivity index (χ4v) is 2.14. The minimum atomic E-state index is -0.981. The summed E-state index contributed by atoms with van der Waals surface area (Å²) in [6, 6.07) is 9.66. The molecule has 5 heteroatoms. The van der Waals surface area contributed by atoms with Crippen LogP contribution in [-0.4, -0.2) is 22.1 Å². The summed E-state index contributed by atoms with van der Waals surface area (Å²) < 4.78 is 12.8. The molecule has 21 heavy (non-hydrogen) atoms. The van der Waals surface area contributed by atoms with Crippen LogP contribution >= 0.6 is 0 Å². The number of carbonyl (C=O) groups is 1.